The van der Waals surface area contributed by atoms with Crippen molar-refractivity contribution in [1.82, 2.24) is 25.5 Å². The summed E-state index contributed by atoms with van der Waals surface area (Å²) in [4.78, 5) is 61.0. The Bertz CT molecular complexity index is 1860. The molecule has 3 aromatic carbocycles. The fraction of sp³-hybridized carbons (Fsp3) is 0.270. The summed E-state index contributed by atoms with van der Waals surface area (Å²) in [6.07, 6.45) is 3.62. The van der Waals surface area contributed by atoms with Gasteiger partial charge in [0.2, 0.25) is 11.8 Å². The first-order chi connectivity index (χ1) is 23.7. The maximum absolute atomic E-state index is 14.4. The number of benzene rings is 3. The van der Waals surface area contributed by atoms with Gasteiger partial charge < -0.3 is 25.6 Å². The van der Waals surface area contributed by atoms with Gasteiger partial charge in [-0.2, -0.15) is 0 Å². The predicted molar refractivity (Wildman–Crippen MR) is 186 cm³/mol. The largest absolute Gasteiger partial charge is 0.480 e. The molecule has 0 fully saturated rings. The van der Waals surface area contributed by atoms with Crippen molar-refractivity contribution in [2.24, 2.45) is 0 Å². The molecule has 0 aliphatic heterocycles. The zero-order chi connectivity index (χ0) is 34.8. The highest BCUT2D eigenvalue weighted by Gasteiger charge is 2.31. The molecule has 0 aliphatic carbocycles. The molecule has 254 valence electrons. The summed E-state index contributed by atoms with van der Waals surface area (Å²) in [5, 5.41) is 18.9. The Morgan fingerprint density at radius 1 is 0.918 bits per heavy atom. The van der Waals surface area contributed by atoms with Crippen LogP contribution in [0, 0.1) is 5.82 Å². The van der Waals surface area contributed by atoms with E-state index < -0.39 is 35.8 Å². The van der Waals surface area contributed by atoms with E-state index >= 15 is 0 Å². The molecule has 2 aromatic heterocycles. The van der Waals surface area contributed by atoms with Gasteiger partial charge in [-0.15, -0.1) is 11.3 Å². The minimum atomic E-state index is -1.04. The van der Waals surface area contributed by atoms with Crippen LogP contribution in [-0.2, 0) is 33.6 Å². The number of Topliss-reactive ketones (excluding diaryl/α,β-unsaturated/α-hetero) is 1. The van der Waals surface area contributed by atoms with Crippen molar-refractivity contribution in [1.29, 1.82) is 0 Å². The quantitative estimate of drug-likeness (QED) is 0.103. The number of carboxylic acids is 1. The predicted octanol–water partition coefficient (Wildman–Crippen LogP) is 4.81. The molecule has 2 heterocycles. The van der Waals surface area contributed by atoms with E-state index in [1.54, 1.807) is 29.5 Å². The van der Waals surface area contributed by atoms with Gasteiger partial charge in [-0.3, -0.25) is 19.2 Å². The smallest absolute Gasteiger partial charge is 0.321 e. The van der Waals surface area contributed by atoms with Crippen LogP contribution in [0.5, 0.6) is 0 Å². The zero-order valence-electron chi connectivity index (χ0n) is 27.0. The fourth-order valence-corrected chi connectivity index (χ4v) is 6.66. The molecule has 3 atom stereocenters. The van der Waals surface area contributed by atoms with Gasteiger partial charge in [-0.05, 0) is 58.6 Å². The fourth-order valence-electron chi connectivity index (χ4n) is 5.68. The number of nitrogens with one attached hydrogen (secondary N) is 3. The molecular weight excluding hydrogens is 646 g/mol. The Kier molecular flexibility index (Phi) is 12.0. The van der Waals surface area contributed by atoms with Gasteiger partial charge in [0, 0.05) is 67.5 Å². The molecule has 0 bridgehead atoms. The summed E-state index contributed by atoms with van der Waals surface area (Å²) in [6.45, 7) is 0.163. The number of aromatic amines is 1. The van der Waals surface area contributed by atoms with E-state index in [1.807, 2.05) is 60.0 Å². The van der Waals surface area contributed by atoms with Crippen LogP contribution in [0.1, 0.15) is 40.0 Å². The summed E-state index contributed by atoms with van der Waals surface area (Å²) in [6, 6.07) is 20.2. The van der Waals surface area contributed by atoms with Crippen molar-refractivity contribution in [2.45, 2.75) is 50.2 Å². The maximum Gasteiger partial charge on any atom is 0.321 e. The average molecular weight is 684 g/mol. The minimum Gasteiger partial charge on any atom is -0.480 e. The standard InChI is InChI=1S/C37H38FN5O5S/c1-43(29(17-24-7-3-2-4-8-24)21-40-32(37(47)48)19-28-20-39-23-41-28)36(46)31(18-26-22-49-34-10-6-5-9-30(26)34)42-35(45)16-15-33(44)25-11-13-27(38)14-12-25/h2-14,20,22-23,29,31-32,40H,15-19,21H2,1H3,(H,39,41)(H,42,45)(H,47,48)/t29-,31+,32+/m1/s1. The molecule has 0 saturated heterocycles. The van der Waals surface area contributed by atoms with Gasteiger partial charge in [0.1, 0.15) is 17.9 Å². The molecule has 0 unspecified atom stereocenters. The average Bonchev–Trinajstić information content (AvgIpc) is 3.78. The second-order valence-electron chi connectivity index (χ2n) is 11.9. The molecule has 10 nitrogen and oxygen atoms in total. The number of H-pyrrole nitrogens is 1. The number of imidazole rings is 1. The van der Waals surface area contributed by atoms with Gasteiger partial charge in [-0.1, -0.05) is 48.5 Å². The normalized spacial score (nSPS) is 13.0. The van der Waals surface area contributed by atoms with Crippen molar-refractivity contribution in [3.63, 3.8) is 0 Å². The van der Waals surface area contributed by atoms with Gasteiger partial charge in [-0.25, -0.2) is 9.37 Å². The number of aliphatic carboxylic acids is 1. The highest BCUT2D eigenvalue weighted by atomic mass is 32.1. The number of nitrogens with zero attached hydrogens (tertiary/aromatic N) is 2. The number of fused-ring (bicyclic) bond motifs is 1. The van der Waals surface area contributed by atoms with Crippen LogP contribution in [0.4, 0.5) is 4.39 Å². The topological polar surface area (TPSA) is 144 Å². The van der Waals surface area contributed by atoms with Crippen LogP contribution in [-0.4, -0.2) is 75.3 Å². The lowest BCUT2D eigenvalue weighted by atomic mass is 10.00. The molecule has 0 radical (unpaired) electrons. The number of carbonyl (C=O) groups excluding carboxylic acids is 3. The van der Waals surface area contributed by atoms with E-state index in [0.717, 1.165) is 21.2 Å². The van der Waals surface area contributed by atoms with Gasteiger partial charge in [0.25, 0.3) is 0 Å². The van der Waals surface area contributed by atoms with E-state index in [1.165, 1.54) is 30.6 Å². The van der Waals surface area contributed by atoms with Crippen molar-refractivity contribution in [2.75, 3.05) is 13.6 Å². The number of amides is 2. The van der Waals surface area contributed by atoms with E-state index in [-0.39, 0.29) is 43.9 Å². The van der Waals surface area contributed by atoms with Crippen LogP contribution >= 0.6 is 11.3 Å². The monoisotopic (exact) mass is 683 g/mol. The highest BCUT2D eigenvalue weighted by Crippen LogP contribution is 2.27. The molecule has 5 rings (SSSR count). The first kappa shape index (κ1) is 35.1. The van der Waals surface area contributed by atoms with Crippen molar-refractivity contribution >= 4 is 45.0 Å². The van der Waals surface area contributed by atoms with Crippen molar-refractivity contribution in [3.8, 4) is 0 Å². The number of rotatable bonds is 17. The number of halogens is 1. The molecule has 4 N–H and O–H groups in total. The molecule has 12 heteroatoms. The lowest BCUT2D eigenvalue weighted by Gasteiger charge is -2.33. The number of ketones is 1. The number of hydrogen-bond acceptors (Lipinski definition) is 7. The lowest BCUT2D eigenvalue weighted by Crippen LogP contribution is -2.55. The second kappa shape index (κ2) is 16.8. The molecular formula is C37H38FN5O5S. The van der Waals surface area contributed by atoms with E-state index in [0.29, 0.717) is 17.7 Å². The Balaban J connectivity index is 1.35. The number of likely N-dealkylation sites (N-methyl/N-ethyl adjacent to an activating group) is 1. The summed E-state index contributed by atoms with van der Waals surface area (Å²) >= 11 is 1.55. The third kappa shape index (κ3) is 9.68. The molecule has 0 saturated carbocycles. The van der Waals surface area contributed by atoms with E-state index in [2.05, 4.69) is 20.6 Å². The molecule has 2 amide bonds. The van der Waals surface area contributed by atoms with Crippen LogP contribution in [0.3, 0.4) is 0 Å². The molecule has 0 aliphatic rings. The number of thiophene rings is 1. The zero-order valence-corrected chi connectivity index (χ0v) is 27.8. The first-order valence-electron chi connectivity index (χ1n) is 15.9. The molecule has 49 heavy (non-hydrogen) atoms. The SMILES string of the molecule is CN(C(=O)[C@H](Cc1csc2ccccc12)NC(=O)CCC(=O)c1ccc(F)cc1)[C@@H](CN[C@@H](Cc1cnc[nH]1)C(=O)O)Cc1ccccc1. The second-order valence-corrected chi connectivity index (χ2v) is 12.8. The van der Waals surface area contributed by atoms with Gasteiger partial charge >= 0.3 is 5.97 Å². The summed E-state index contributed by atoms with van der Waals surface area (Å²) in [7, 11) is 1.66. The Hall–Kier alpha value is -5.20. The Morgan fingerprint density at radius 3 is 2.37 bits per heavy atom. The number of hydrogen-bond donors (Lipinski definition) is 4. The van der Waals surface area contributed by atoms with Gasteiger partial charge in [0.15, 0.2) is 5.78 Å². The van der Waals surface area contributed by atoms with Crippen molar-refractivity contribution in [3.05, 3.63) is 125 Å². The van der Waals surface area contributed by atoms with Gasteiger partial charge in [0.05, 0.1) is 6.33 Å². The van der Waals surface area contributed by atoms with Crippen LogP contribution in [0.2, 0.25) is 0 Å². The highest BCUT2D eigenvalue weighted by molar-refractivity contribution is 7.17. The van der Waals surface area contributed by atoms with E-state index in [4.69, 9.17) is 0 Å². The van der Waals surface area contributed by atoms with Crippen molar-refractivity contribution < 1.29 is 28.7 Å². The van der Waals surface area contributed by atoms with Crippen LogP contribution in [0.15, 0.2) is 96.8 Å². The summed E-state index contributed by atoms with van der Waals surface area (Å²) in [5.74, 6) is -2.62. The minimum absolute atomic E-state index is 0.108. The summed E-state index contributed by atoms with van der Waals surface area (Å²) in [5.41, 5.74) is 2.82. The number of aromatic nitrogens is 2. The molecule has 0 spiro atoms. The van der Waals surface area contributed by atoms with Crippen LogP contribution in [0.25, 0.3) is 10.1 Å². The maximum atomic E-state index is 14.4. The molecule has 5 aromatic rings. The Morgan fingerprint density at radius 2 is 1.65 bits per heavy atom. The number of carboxylic acid groups (broad SMARTS) is 1. The summed E-state index contributed by atoms with van der Waals surface area (Å²) < 4.78 is 14.4. The Labute approximate surface area is 287 Å². The third-order valence-electron chi connectivity index (χ3n) is 8.45. The lowest BCUT2D eigenvalue weighted by molar-refractivity contribution is -0.139. The third-order valence-corrected chi connectivity index (χ3v) is 9.46. The number of carbonyl (C=O) groups is 4. The van der Waals surface area contributed by atoms with Crippen LogP contribution < -0.4 is 10.6 Å². The van der Waals surface area contributed by atoms with E-state index in [9.17, 15) is 28.7 Å². The first-order valence-corrected chi connectivity index (χ1v) is 16.8.